The molecule has 0 bridgehead atoms. The lowest BCUT2D eigenvalue weighted by Crippen LogP contribution is -2.51. The van der Waals surface area contributed by atoms with Crippen LogP contribution in [0.15, 0.2) is 11.6 Å². The van der Waals surface area contributed by atoms with E-state index < -0.39 is 2.14 Å². The summed E-state index contributed by atoms with van der Waals surface area (Å²) >= 11 is 10.4. The fourth-order valence-corrected chi connectivity index (χ4v) is 8.02. The minimum absolute atomic E-state index is 0.112. The zero-order valence-electron chi connectivity index (χ0n) is 15.5. The van der Waals surface area contributed by atoms with Crippen molar-refractivity contribution in [1.29, 1.82) is 0 Å². The largest absolute Gasteiger partial charge is 0.296 e. The number of ketones is 2. The van der Waals surface area contributed by atoms with E-state index in [0.717, 1.165) is 25.7 Å². The summed E-state index contributed by atoms with van der Waals surface area (Å²) in [6.45, 7) is 4.79. The Labute approximate surface area is 181 Å². The van der Waals surface area contributed by atoms with Crippen molar-refractivity contribution in [3.63, 3.8) is 0 Å². The molecule has 0 aromatic carbocycles. The molecule has 0 aliphatic heterocycles. The van der Waals surface area contributed by atoms with Crippen LogP contribution in [0.4, 0.5) is 0 Å². The molecule has 3 fully saturated rings. The van der Waals surface area contributed by atoms with Gasteiger partial charge in [0.2, 0.25) is 0 Å². The molecule has 0 saturated heterocycles. The van der Waals surface area contributed by atoms with Crippen molar-refractivity contribution in [1.82, 2.24) is 0 Å². The van der Waals surface area contributed by atoms with Crippen LogP contribution in [0.25, 0.3) is 0 Å². The number of rotatable bonds is 1. The van der Waals surface area contributed by atoms with Gasteiger partial charge >= 0.3 is 0 Å². The van der Waals surface area contributed by atoms with Gasteiger partial charge < -0.3 is 0 Å². The Morgan fingerprint density at radius 3 is 2.46 bits per heavy atom. The van der Waals surface area contributed by atoms with E-state index in [1.54, 1.807) is 0 Å². The summed E-state index contributed by atoms with van der Waals surface area (Å²) in [7, 11) is 0. The van der Waals surface area contributed by atoms with Gasteiger partial charge in [0.25, 0.3) is 0 Å². The third-order valence-electron chi connectivity index (χ3n) is 8.56. The average Bonchev–Trinajstić information content (AvgIpc) is 2.91. The highest BCUT2D eigenvalue weighted by Gasteiger charge is 2.61. The quantitative estimate of drug-likeness (QED) is 0.347. The number of carbonyl (C=O) groups is 2. The van der Waals surface area contributed by atoms with Gasteiger partial charge in [0.1, 0.15) is 0 Å². The molecule has 26 heavy (non-hydrogen) atoms. The third-order valence-corrected chi connectivity index (χ3v) is 9.73. The number of Topliss-reactive ketones (excluding diaryl/α,β-unsaturated/α-hetero) is 1. The molecule has 0 aromatic rings. The van der Waals surface area contributed by atoms with Crippen molar-refractivity contribution in [2.75, 3.05) is 0 Å². The second-order valence-corrected chi connectivity index (χ2v) is 16.3. The molecule has 4 aliphatic rings. The summed E-state index contributed by atoms with van der Waals surface area (Å²) in [5.41, 5.74) is 1.75. The van der Waals surface area contributed by atoms with Gasteiger partial charge in [-0.05, 0) is 79.6 Å². The van der Waals surface area contributed by atoms with Crippen LogP contribution in [-0.2, 0) is 9.59 Å². The number of hydrogen-bond donors (Lipinski definition) is 0. The molecule has 0 amide bonds. The second-order valence-electron chi connectivity index (χ2n) is 9.51. The summed E-state index contributed by atoms with van der Waals surface area (Å²) in [6, 6.07) is 0. The van der Waals surface area contributed by atoms with E-state index in [0.29, 0.717) is 30.0 Å². The maximum atomic E-state index is 13.0. The third kappa shape index (κ3) is 2.89. The predicted molar refractivity (Wildman–Crippen MR) is 115 cm³/mol. The normalized spacial score (nSPS) is 45.4. The molecular formula is C21H27Br3O2. The summed E-state index contributed by atoms with van der Waals surface area (Å²) in [5, 5.41) is 0. The van der Waals surface area contributed by atoms with Crippen LogP contribution in [-0.4, -0.2) is 13.7 Å². The fourth-order valence-electron chi connectivity index (χ4n) is 7.19. The van der Waals surface area contributed by atoms with E-state index in [4.69, 9.17) is 0 Å². The molecule has 0 unspecified atom stereocenters. The molecule has 0 heterocycles. The van der Waals surface area contributed by atoms with Crippen LogP contribution in [0, 0.1) is 34.5 Å². The molecule has 0 aromatic heterocycles. The second kappa shape index (κ2) is 6.52. The minimum atomic E-state index is -0.787. The Bertz CT molecular complexity index is 679. The average molecular weight is 551 g/mol. The first-order chi connectivity index (χ1) is 12.1. The molecule has 144 valence electrons. The molecular weight excluding hydrogens is 524 g/mol. The van der Waals surface area contributed by atoms with Crippen molar-refractivity contribution >= 4 is 59.4 Å². The zero-order chi connectivity index (χ0) is 18.9. The van der Waals surface area contributed by atoms with Gasteiger partial charge in [0, 0.05) is 12.3 Å². The first-order valence-corrected chi connectivity index (χ1v) is 12.3. The highest BCUT2D eigenvalue weighted by atomic mass is 80.0. The lowest BCUT2D eigenvalue weighted by Gasteiger charge is -2.58. The molecule has 3 saturated carbocycles. The fraction of sp³-hybridized carbons (Fsp3) is 0.810. The minimum Gasteiger partial charge on any atom is -0.296 e. The van der Waals surface area contributed by atoms with E-state index in [1.165, 1.54) is 24.8 Å². The van der Waals surface area contributed by atoms with E-state index in [-0.39, 0.29) is 22.5 Å². The van der Waals surface area contributed by atoms with Crippen LogP contribution in [0.3, 0.4) is 0 Å². The van der Waals surface area contributed by atoms with E-state index in [1.807, 2.05) is 6.08 Å². The molecule has 5 heteroatoms. The Morgan fingerprint density at radius 2 is 1.77 bits per heavy atom. The summed E-state index contributed by atoms with van der Waals surface area (Å²) in [4.78, 5) is 25.0. The molecule has 4 aliphatic carbocycles. The zero-order valence-corrected chi connectivity index (χ0v) is 20.3. The molecule has 6 atom stereocenters. The van der Waals surface area contributed by atoms with Crippen LogP contribution in [0.2, 0.25) is 0 Å². The number of hydrogen-bond acceptors (Lipinski definition) is 2. The highest BCUT2D eigenvalue weighted by Crippen LogP contribution is 2.67. The van der Waals surface area contributed by atoms with Gasteiger partial charge in [-0.2, -0.15) is 0 Å². The van der Waals surface area contributed by atoms with Gasteiger partial charge in [-0.15, -0.1) is 0 Å². The summed E-state index contributed by atoms with van der Waals surface area (Å²) < 4.78 is -0.787. The first-order valence-electron chi connectivity index (χ1n) is 9.92. The predicted octanol–water partition coefficient (Wildman–Crippen LogP) is 6.54. The van der Waals surface area contributed by atoms with Crippen molar-refractivity contribution in [2.45, 2.75) is 67.4 Å². The van der Waals surface area contributed by atoms with Crippen molar-refractivity contribution < 1.29 is 9.59 Å². The SMILES string of the molecule is C[C@]12CC[C@H]3[C@@H](CCC4=CC(=O)CC[C@@]43C)[C@@H]1CC[C@@H]2C(=O)C(Br)(Br)Br. The first kappa shape index (κ1) is 19.8. The van der Waals surface area contributed by atoms with Gasteiger partial charge in [-0.3, -0.25) is 9.59 Å². The van der Waals surface area contributed by atoms with Crippen molar-refractivity contribution in [3.05, 3.63) is 11.6 Å². The standard InChI is InChI=1S/C21H27Br3O2/c1-19-9-7-13(25)11-12(19)3-4-14-15-5-6-17(18(26)21(22,23)24)20(15,2)10-8-16(14)19/h11,14-17H,3-10H2,1-2H3/t14-,15-,16-,17+,19-,20-/m0/s1. The van der Waals surface area contributed by atoms with E-state index >= 15 is 0 Å². The van der Waals surface area contributed by atoms with Gasteiger partial charge in [-0.25, -0.2) is 0 Å². The smallest absolute Gasteiger partial charge is 0.192 e. The Morgan fingerprint density at radius 1 is 1.04 bits per heavy atom. The highest BCUT2D eigenvalue weighted by molar-refractivity contribution is 9.40. The maximum Gasteiger partial charge on any atom is 0.192 e. The number of carbonyl (C=O) groups excluding carboxylic acids is 2. The van der Waals surface area contributed by atoms with Crippen LogP contribution < -0.4 is 0 Å². The molecule has 0 N–H and O–H groups in total. The maximum absolute atomic E-state index is 13.0. The summed E-state index contributed by atoms with van der Waals surface area (Å²) in [5.74, 6) is 2.71. The van der Waals surface area contributed by atoms with Gasteiger partial charge in [0.15, 0.2) is 13.7 Å². The van der Waals surface area contributed by atoms with Crippen LogP contribution >= 0.6 is 47.8 Å². The number of alkyl halides is 3. The molecule has 4 rings (SSSR count). The van der Waals surface area contributed by atoms with Crippen molar-refractivity contribution in [3.8, 4) is 0 Å². The van der Waals surface area contributed by atoms with Crippen LogP contribution in [0.5, 0.6) is 0 Å². The van der Waals surface area contributed by atoms with Crippen molar-refractivity contribution in [2.24, 2.45) is 34.5 Å². The van der Waals surface area contributed by atoms with Gasteiger partial charge in [0.05, 0.1) is 0 Å². The van der Waals surface area contributed by atoms with E-state index in [9.17, 15) is 9.59 Å². The lowest BCUT2D eigenvalue weighted by molar-refractivity contribution is -0.129. The topological polar surface area (TPSA) is 34.1 Å². The number of halogens is 3. The lowest BCUT2D eigenvalue weighted by atomic mass is 9.46. The Hall–Kier alpha value is 0.520. The number of fused-ring (bicyclic) bond motifs is 5. The molecule has 0 spiro atoms. The molecule has 0 radical (unpaired) electrons. The number of allylic oxidation sites excluding steroid dienone is 1. The van der Waals surface area contributed by atoms with E-state index in [2.05, 4.69) is 61.6 Å². The van der Waals surface area contributed by atoms with Crippen LogP contribution in [0.1, 0.15) is 65.2 Å². The monoisotopic (exact) mass is 548 g/mol. The molecule has 2 nitrogen and oxygen atoms in total. The Kier molecular flexibility index (Phi) is 4.97. The summed E-state index contributed by atoms with van der Waals surface area (Å²) in [6.07, 6.45) is 10.5. The Balaban J connectivity index is 1.63. The van der Waals surface area contributed by atoms with Gasteiger partial charge in [-0.1, -0.05) is 67.2 Å².